The molecule has 1 aliphatic rings. The van der Waals surface area contributed by atoms with Gasteiger partial charge in [0.05, 0.1) is 6.54 Å². The van der Waals surface area contributed by atoms with Gasteiger partial charge in [-0.1, -0.05) is 6.07 Å². The number of nitrogens with zero attached hydrogens (tertiary/aromatic N) is 4. The molecule has 1 saturated heterocycles. The maximum atomic E-state index is 12.5. The molecule has 1 N–H and O–H groups in total. The number of amides is 2. The van der Waals surface area contributed by atoms with Crippen LogP contribution < -0.4 is 10.1 Å². The largest absolute Gasteiger partial charge is 0.492 e. The first-order valence-corrected chi connectivity index (χ1v) is 8.65. The summed E-state index contributed by atoms with van der Waals surface area (Å²) >= 11 is 0. The molecule has 3 rings (SSSR count). The molecule has 0 spiro atoms. The molecule has 0 aliphatic carbocycles. The van der Waals surface area contributed by atoms with Crippen molar-refractivity contribution in [2.24, 2.45) is 0 Å². The van der Waals surface area contributed by atoms with Crippen LogP contribution in [-0.2, 0) is 6.54 Å². The summed E-state index contributed by atoms with van der Waals surface area (Å²) in [5.41, 5.74) is 0.749. The van der Waals surface area contributed by atoms with Crippen LogP contribution in [0.25, 0.3) is 0 Å². The van der Waals surface area contributed by atoms with Crippen LogP contribution in [0.2, 0.25) is 0 Å². The summed E-state index contributed by atoms with van der Waals surface area (Å²) in [4.78, 5) is 16.6. The van der Waals surface area contributed by atoms with Crippen LogP contribution in [0, 0.1) is 0 Å². The van der Waals surface area contributed by atoms with E-state index in [1.165, 1.54) is 0 Å². The number of urea groups is 1. The van der Waals surface area contributed by atoms with E-state index in [-0.39, 0.29) is 6.03 Å². The maximum Gasteiger partial charge on any atom is 0.321 e. The zero-order valence-corrected chi connectivity index (χ0v) is 14.6. The maximum absolute atomic E-state index is 12.5. The summed E-state index contributed by atoms with van der Waals surface area (Å²) in [7, 11) is 2.09. The first-order chi connectivity index (χ1) is 12.2. The van der Waals surface area contributed by atoms with Gasteiger partial charge in [0, 0.05) is 43.8 Å². The molecule has 0 unspecified atom stereocenters. The van der Waals surface area contributed by atoms with Gasteiger partial charge < -0.3 is 19.9 Å². The average molecular weight is 343 g/mol. The number of hydrogen-bond donors (Lipinski definition) is 1. The average Bonchev–Trinajstić information content (AvgIpc) is 3.02. The van der Waals surface area contributed by atoms with Gasteiger partial charge in [0.2, 0.25) is 0 Å². The van der Waals surface area contributed by atoms with Crippen molar-refractivity contribution in [3.63, 3.8) is 0 Å². The summed E-state index contributed by atoms with van der Waals surface area (Å²) in [5, 5.41) is 7.11. The highest BCUT2D eigenvalue weighted by Crippen LogP contribution is 2.18. The van der Waals surface area contributed by atoms with Crippen molar-refractivity contribution in [1.29, 1.82) is 0 Å². The summed E-state index contributed by atoms with van der Waals surface area (Å²) in [6.45, 7) is 4.69. The molecular weight excluding hydrogens is 318 g/mol. The van der Waals surface area contributed by atoms with E-state index in [4.69, 9.17) is 4.74 Å². The molecule has 1 aromatic heterocycles. The van der Waals surface area contributed by atoms with Crippen molar-refractivity contribution in [2.45, 2.75) is 13.0 Å². The third-order valence-electron chi connectivity index (χ3n) is 4.24. The number of carbonyl (C=O) groups excluding carboxylic acids is 1. The molecule has 0 saturated carbocycles. The molecule has 134 valence electrons. The van der Waals surface area contributed by atoms with Gasteiger partial charge >= 0.3 is 6.03 Å². The van der Waals surface area contributed by atoms with Crippen LogP contribution in [-0.4, -0.2) is 65.4 Å². The fraction of sp³-hybridized carbons (Fsp3) is 0.444. The zero-order valence-electron chi connectivity index (χ0n) is 14.6. The van der Waals surface area contributed by atoms with E-state index < -0.39 is 0 Å². The van der Waals surface area contributed by atoms with Crippen molar-refractivity contribution < 1.29 is 9.53 Å². The lowest BCUT2D eigenvalue weighted by Crippen LogP contribution is -2.37. The molecule has 0 atom stereocenters. The van der Waals surface area contributed by atoms with Crippen molar-refractivity contribution >= 4 is 11.7 Å². The topological polar surface area (TPSA) is 62.6 Å². The Bertz CT molecular complexity index is 674. The fourth-order valence-electron chi connectivity index (χ4n) is 2.81. The van der Waals surface area contributed by atoms with Crippen LogP contribution in [0.5, 0.6) is 5.75 Å². The first kappa shape index (κ1) is 17.3. The summed E-state index contributed by atoms with van der Waals surface area (Å²) in [6.07, 6.45) is 4.65. The Balaban J connectivity index is 1.51. The second-order valence-electron chi connectivity index (χ2n) is 6.22. The van der Waals surface area contributed by atoms with Crippen LogP contribution in [0.4, 0.5) is 10.5 Å². The monoisotopic (exact) mass is 343 g/mol. The Kier molecular flexibility index (Phi) is 5.90. The number of anilines is 1. The Morgan fingerprint density at radius 2 is 2.16 bits per heavy atom. The highest BCUT2D eigenvalue weighted by Gasteiger charge is 2.17. The Morgan fingerprint density at radius 3 is 3.00 bits per heavy atom. The second-order valence-corrected chi connectivity index (χ2v) is 6.22. The van der Waals surface area contributed by atoms with Gasteiger partial charge in [-0.15, -0.1) is 0 Å². The fourth-order valence-corrected chi connectivity index (χ4v) is 2.81. The number of hydrogen-bond acceptors (Lipinski definition) is 4. The Hall–Kier alpha value is -2.54. The summed E-state index contributed by atoms with van der Waals surface area (Å²) < 4.78 is 7.57. The molecule has 1 fully saturated rings. The van der Waals surface area contributed by atoms with E-state index in [0.29, 0.717) is 13.2 Å². The van der Waals surface area contributed by atoms with Gasteiger partial charge in [0.25, 0.3) is 0 Å². The van der Waals surface area contributed by atoms with E-state index in [0.717, 1.165) is 44.0 Å². The SMILES string of the molecule is CN1CCCN(C(=O)Nc2cccc(OCCn3cccn3)c2)CC1. The standard InChI is InChI=1S/C18H25N5O2/c1-21-8-4-9-22(12-11-21)18(24)20-16-5-2-6-17(15-16)25-14-13-23-10-3-7-19-23/h2-3,5-7,10,15H,4,8-9,11-14H2,1H3,(H,20,24). The first-order valence-electron chi connectivity index (χ1n) is 8.65. The van der Waals surface area contributed by atoms with Gasteiger partial charge in [0.1, 0.15) is 12.4 Å². The molecule has 1 aliphatic heterocycles. The highest BCUT2D eigenvalue weighted by molar-refractivity contribution is 5.89. The van der Waals surface area contributed by atoms with Gasteiger partial charge in [0.15, 0.2) is 0 Å². The molecular formula is C18H25N5O2. The minimum Gasteiger partial charge on any atom is -0.492 e. The van der Waals surface area contributed by atoms with Gasteiger partial charge in [-0.05, 0) is 38.2 Å². The van der Waals surface area contributed by atoms with E-state index >= 15 is 0 Å². The van der Waals surface area contributed by atoms with E-state index in [2.05, 4.69) is 22.4 Å². The Labute approximate surface area is 148 Å². The number of aromatic nitrogens is 2. The minimum absolute atomic E-state index is 0.0519. The molecule has 7 heteroatoms. The van der Waals surface area contributed by atoms with Crippen molar-refractivity contribution in [1.82, 2.24) is 19.6 Å². The summed E-state index contributed by atoms with van der Waals surface area (Å²) in [6, 6.07) is 9.34. The third-order valence-corrected chi connectivity index (χ3v) is 4.24. The molecule has 2 amide bonds. The quantitative estimate of drug-likeness (QED) is 0.903. The molecule has 2 heterocycles. The van der Waals surface area contributed by atoms with Crippen LogP contribution in [0.1, 0.15) is 6.42 Å². The predicted octanol–water partition coefficient (Wildman–Crippen LogP) is 2.13. The van der Waals surface area contributed by atoms with Crippen LogP contribution in [0.15, 0.2) is 42.7 Å². The molecule has 25 heavy (non-hydrogen) atoms. The number of benzene rings is 1. The number of rotatable bonds is 5. The van der Waals surface area contributed by atoms with Crippen molar-refractivity contribution in [3.8, 4) is 5.75 Å². The molecule has 2 aromatic rings. The molecule has 7 nitrogen and oxygen atoms in total. The van der Waals surface area contributed by atoms with Gasteiger partial charge in [-0.3, -0.25) is 4.68 Å². The molecule has 1 aromatic carbocycles. The van der Waals surface area contributed by atoms with E-state index in [1.54, 1.807) is 6.20 Å². The number of ether oxygens (including phenoxy) is 1. The minimum atomic E-state index is -0.0519. The van der Waals surface area contributed by atoms with Crippen LogP contribution >= 0.6 is 0 Å². The predicted molar refractivity (Wildman–Crippen MR) is 96.9 cm³/mol. The highest BCUT2D eigenvalue weighted by atomic mass is 16.5. The second kappa shape index (κ2) is 8.53. The number of carbonyl (C=O) groups is 1. The van der Waals surface area contributed by atoms with Gasteiger partial charge in [-0.2, -0.15) is 5.10 Å². The Morgan fingerprint density at radius 1 is 1.24 bits per heavy atom. The van der Waals surface area contributed by atoms with E-state index in [9.17, 15) is 4.79 Å². The van der Waals surface area contributed by atoms with Crippen molar-refractivity contribution in [2.75, 3.05) is 45.2 Å². The van der Waals surface area contributed by atoms with Crippen LogP contribution in [0.3, 0.4) is 0 Å². The van der Waals surface area contributed by atoms with Gasteiger partial charge in [-0.25, -0.2) is 4.79 Å². The molecule has 0 bridgehead atoms. The zero-order chi connectivity index (χ0) is 17.5. The number of likely N-dealkylation sites (N-methyl/N-ethyl adjacent to an activating group) is 1. The number of nitrogens with one attached hydrogen (secondary N) is 1. The lowest BCUT2D eigenvalue weighted by Gasteiger charge is -2.21. The third kappa shape index (κ3) is 5.22. The molecule has 0 radical (unpaired) electrons. The smallest absolute Gasteiger partial charge is 0.321 e. The van der Waals surface area contributed by atoms with Crippen molar-refractivity contribution in [3.05, 3.63) is 42.7 Å². The lowest BCUT2D eigenvalue weighted by atomic mass is 10.3. The lowest BCUT2D eigenvalue weighted by molar-refractivity contribution is 0.213. The summed E-state index contributed by atoms with van der Waals surface area (Å²) in [5.74, 6) is 0.737. The van der Waals surface area contributed by atoms with E-state index in [1.807, 2.05) is 46.1 Å². The normalized spacial score (nSPS) is 15.6.